The molecule has 0 unspecified atom stereocenters. The van der Waals surface area contributed by atoms with Gasteiger partial charge in [0, 0.05) is 12.1 Å². The van der Waals surface area contributed by atoms with E-state index in [4.69, 9.17) is 5.11 Å². The number of alkyl halides is 2. The lowest BCUT2D eigenvalue weighted by Gasteiger charge is -2.02. The van der Waals surface area contributed by atoms with Crippen LogP contribution in [0.1, 0.15) is 17.8 Å². The minimum Gasteiger partial charge on any atom is -0.481 e. The molecule has 0 radical (unpaired) electrons. The van der Waals surface area contributed by atoms with Crippen LogP contribution in [-0.2, 0) is 11.2 Å². The molecule has 1 aromatic heterocycles. The summed E-state index contributed by atoms with van der Waals surface area (Å²) < 4.78 is 24.6. The van der Waals surface area contributed by atoms with Crippen molar-refractivity contribution in [3.05, 3.63) is 33.6 Å². The van der Waals surface area contributed by atoms with Crippen molar-refractivity contribution in [2.45, 2.75) is 12.8 Å². The number of rotatable bonds is 4. The summed E-state index contributed by atoms with van der Waals surface area (Å²) in [5.41, 5.74) is -1.66. The molecule has 8 heteroatoms. The largest absolute Gasteiger partial charge is 0.481 e. The number of carbonyl (C=O) groups is 1. The van der Waals surface area contributed by atoms with Crippen molar-refractivity contribution in [2.75, 3.05) is 0 Å². The van der Waals surface area contributed by atoms with Gasteiger partial charge in [-0.15, -0.1) is 0 Å². The molecule has 0 fully saturated rings. The third-order valence-electron chi connectivity index (χ3n) is 1.65. The van der Waals surface area contributed by atoms with Crippen molar-refractivity contribution in [1.29, 1.82) is 0 Å². The summed E-state index contributed by atoms with van der Waals surface area (Å²) in [5, 5.41) is 18.8. The summed E-state index contributed by atoms with van der Waals surface area (Å²) in [6.45, 7) is 0. The van der Waals surface area contributed by atoms with Crippen molar-refractivity contribution in [3.8, 4) is 0 Å². The molecule has 16 heavy (non-hydrogen) atoms. The monoisotopic (exact) mass is 232 g/mol. The molecule has 6 nitrogen and oxygen atoms in total. The molecule has 1 rings (SSSR count). The number of carboxylic acid groups (broad SMARTS) is 1. The topological polar surface area (TPSA) is 93.3 Å². The predicted molar refractivity (Wildman–Crippen MR) is 47.2 cm³/mol. The highest BCUT2D eigenvalue weighted by Crippen LogP contribution is 2.22. The molecule has 0 saturated carbocycles. The van der Waals surface area contributed by atoms with Crippen LogP contribution in [0.4, 0.5) is 14.5 Å². The number of halogens is 2. The Labute approximate surface area is 87.7 Å². The van der Waals surface area contributed by atoms with E-state index in [0.717, 1.165) is 6.07 Å². The van der Waals surface area contributed by atoms with Gasteiger partial charge < -0.3 is 5.11 Å². The van der Waals surface area contributed by atoms with Crippen LogP contribution in [0.3, 0.4) is 0 Å². The van der Waals surface area contributed by atoms with Crippen molar-refractivity contribution >= 4 is 11.7 Å². The number of aliphatic carboxylic acids is 1. The highest BCUT2D eigenvalue weighted by Gasteiger charge is 2.18. The average molecular weight is 232 g/mol. The summed E-state index contributed by atoms with van der Waals surface area (Å²) in [6, 6.07) is 1.48. The van der Waals surface area contributed by atoms with E-state index in [1.165, 1.54) is 0 Å². The van der Waals surface area contributed by atoms with E-state index in [0.29, 0.717) is 6.07 Å². The maximum Gasteiger partial charge on any atom is 0.309 e. The first-order valence-corrected chi connectivity index (χ1v) is 4.05. The second kappa shape index (κ2) is 4.60. The molecular formula is C8H6F2N2O4. The minimum absolute atomic E-state index is 0.267. The fourth-order valence-electron chi connectivity index (χ4n) is 1.06. The summed E-state index contributed by atoms with van der Waals surface area (Å²) in [5.74, 6) is -1.30. The van der Waals surface area contributed by atoms with Crippen LogP contribution in [0, 0.1) is 10.1 Å². The molecule has 1 N–H and O–H groups in total. The molecule has 0 bridgehead atoms. The number of hydrogen-bond donors (Lipinski definition) is 1. The van der Waals surface area contributed by atoms with Crippen molar-refractivity contribution < 1.29 is 23.6 Å². The lowest BCUT2D eigenvalue weighted by atomic mass is 10.2. The molecule has 0 aliphatic heterocycles. The van der Waals surface area contributed by atoms with E-state index in [9.17, 15) is 23.7 Å². The van der Waals surface area contributed by atoms with Gasteiger partial charge in [-0.2, -0.15) is 0 Å². The van der Waals surface area contributed by atoms with Crippen LogP contribution in [-0.4, -0.2) is 21.0 Å². The third kappa shape index (κ3) is 2.94. The molecule has 0 aromatic carbocycles. The Hall–Kier alpha value is -2.12. The maximum absolute atomic E-state index is 12.3. The first kappa shape index (κ1) is 12.0. The smallest absolute Gasteiger partial charge is 0.309 e. The fourth-order valence-corrected chi connectivity index (χ4v) is 1.06. The highest BCUT2D eigenvalue weighted by molar-refractivity contribution is 5.69. The molecule has 0 saturated heterocycles. The Morgan fingerprint density at radius 3 is 2.62 bits per heavy atom. The Morgan fingerprint density at radius 2 is 2.19 bits per heavy atom. The van der Waals surface area contributed by atoms with Crippen LogP contribution < -0.4 is 0 Å². The summed E-state index contributed by atoms with van der Waals surface area (Å²) in [6.07, 6.45) is -3.62. The standard InChI is InChI=1S/C8H6F2N2O4/c9-8(10)6-3-5(12(15)16)1-4(11-6)2-7(13)14/h1,3,8H,2H2,(H,13,14). The Bertz CT molecular complexity index is 436. The van der Waals surface area contributed by atoms with Gasteiger partial charge >= 0.3 is 5.97 Å². The van der Waals surface area contributed by atoms with Crippen LogP contribution in [0.2, 0.25) is 0 Å². The van der Waals surface area contributed by atoms with E-state index in [2.05, 4.69) is 4.98 Å². The zero-order chi connectivity index (χ0) is 12.3. The van der Waals surface area contributed by atoms with Crippen molar-refractivity contribution in [1.82, 2.24) is 4.98 Å². The summed E-state index contributed by atoms with van der Waals surface area (Å²) in [4.78, 5) is 23.2. The second-order valence-electron chi connectivity index (χ2n) is 2.87. The van der Waals surface area contributed by atoms with Gasteiger partial charge in [0.05, 0.1) is 17.0 Å². The van der Waals surface area contributed by atoms with Crippen LogP contribution in [0.25, 0.3) is 0 Å². The average Bonchev–Trinajstić information content (AvgIpc) is 2.15. The first-order chi connectivity index (χ1) is 7.40. The minimum atomic E-state index is -2.98. The van der Waals surface area contributed by atoms with Gasteiger partial charge in [-0.3, -0.25) is 19.9 Å². The zero-order valence-electron chi connectivity index (χ0n) is 7.76. The fraction of sp³-hybridized carbons (Fsp3) is 0.250. The number of carboxylic acids is 1. The molecule has 0 spiro atoms. The normalized spacial score (nSPS) is 10.4. The summed E-state index contributed by atoms with van der Waals surface area (Å²) >= 11 is 0. The SMILES string of the molecule is O=C(O)Cc1cc([N+](=O)[O-])cc(C(F)F)n1. The second-order valence-corrected chi connectivity index (χ2v) is 2.87. The molecule has 0 atom stereocenters. The van der Waals surface area contributed by atoms with Crippen molar-refractivity contribution in [2.24, 2.45) is 0 Å². The number of nitrogens with zero attached hydrogens (tertiary/aromatic N) is 2. The van der Waals surface area contributed by atoms with Gasteiger partial charge in [-0.05, 0) is 0 Å². The lowest BCUT2D eigenvalue weighted by Crippen LogP contribution is -2.05. The van der Waals surface area contributed by atoms with Gasteiger partial charge in [0.2, 0.25) is 0 Å². The van der Waals surface area contributed by atoms with Gasteiger partial charge in [0.25, 0.3) is 12.1 Å². The molecule has 86 valence electrons. The van der Waals surface area contributed by atoms with Crippen LogP contribution in [0.5, 0.6) is 0 Å². The van der Waals surface area contributed by atoms with Crippen LogP contribution >= 0.6 is 0 Å². The van der Waals surface area contributed by atoms with Gasteiger partial charge in [0.1, 0.15) is 5.69 Å². The number of aromatic nitrogens is 1. The maximum atomic E-state index is 12.3. The van der Waals surface area contributed by atoms with Gasteiger partial charge in [0.15, 0.2) is 0 Å². The number of nitro groups is 1. The van der Waals surface area contributed by atoms with Gasteiger partial charge in [-0.25, -0.2) is 8.78 Å². The van der Waals surface area contributed by atoms with E-state index >= 15 is 0 Å². The van der Waals surface area contributed by atoms with E-state index in [1.807, 2.05) is 0 Å². The molecule has 0 amide bonds. The van der Waals surface area contributed by atoms with E-state index in [-0.39, 0.29) is 5.69 Å². The Kier molecular flexibility index (Phi) is 3.44. The zero-order valence-corrected chi connectivity index (χ0v) is 7.76. The Balaban J connectivity index is 3.18. The molecule has 0 aliphatic rings. The number of pyridine rings is 1. The molecule has 1 heterocycles. The first-order valence-electron chi connectivity index (χ1n) is 4.05. The number of hydrogen-bond acceptors (Lipinski definition) is 4. The summed E-state index contributed by atoms with van der Waals surface area (Å²) in [7, 11) is 0. The predicted octanol–water partition coefficient (Wildman–Crippen LogP) is 1.55. The lowest BCUT2D eigenvalue weighted by molar-refractivity contribution is -0.385. The van der Waals surface area contributed by atoms with Gasteiger partial charge in [-0.1, -0.05) is 0 Å². The molecular weight excluding hydrogens is 226 g/mol. The quantitative estimate of drug-likeness (QED) is 0.627. The van der Waals surface area contributed by atoms with E-state index in [1.54, 1.807) is 0 Å². The van der Waals surface area contributed by atoms with E-state index < -0.39 is 35.1 Å². The Morgan fingerprint density at radius 1 is 1.56 bits per heavy atom. The highest BCUT2D eigenvalue weighted by atomic mass is 19.3. The molecule has 0 aliphatic carbocycles. The van der Waals surface area contributed by atoms with Crippen LogP contribution in [0.15, 0.2) is 12.1 Å². The third-order valence-corrected chi connectivity index (χ3v) is 1.65. The molecule has 1 aromatic rings. The van der Waals surface area contributed by atoms with Crippen molar-refractivity contribution in [3.63, 3.8) is 0 Å².